The molecule has 0 fully saturated rings. The van der Waals surface area contributed by atoms with E-state index in [1.807, 2.05) is 0 Å². The van der Waals surface area contributed by atoms with Gasteiger partial charge in [-0.2, -0.15) is 26.3 Å². The summed E-state index contributed by atoms with van der Waals surface area (Å²) in [5.41, 5.74) is 0.172. The van der Waals surface area contributed by atoms with Crippen LogP contribution >= 0.6 is 22.7 Å². The molecule has 0 spiro atoms. The second-order valence-corrected chi connectivity index (χ2v) is 11.7. The maximum atomic E-state index is 13.6. The van der Waals surface area contributed by atoms with Gasteiger partial charge in [-0.05, 0) is 48.0 Å². The molecule has 0 aromatic carbocycles. The van der Waals surface area contributed by atoms with Crippen molar-refractivity contribution >= 4 is 56.6 Å². The Bertz CT molecular complexity index is 2170. The van der Waals surface area contributed by atoms with Gasteiger partial charge in [0.05, 0.1) is 12.4 Å². The predicted molar refractivity (Wildman–Crippen MR) is 164 cm³/mol. The van der Waals surface area contributed by atoms with Gasteiger partial charge in [0, 0.05) is 52.5 Å². The molecule has 0 amide bonds. The van der Waals surface area contributed by atoms with Crippen molar-refractivity contribution in [2.24, 2.45) is 0 Å². The van der Waals surface area contributed by atoms with Gasteiger partial charge in [-0.25, -0.2) is 18.7 Å². The van der Waals surface area contributed by atoms with Gasteiger partial charge in [-0.3, -0.25) is 18.7 Å². The van der Waals surface area contributed by atoms with Crippen LogP contribution in [0.25, 0.3) is 44.3 Å². The number of carbonyl (C=O) groups is 2. The number of hydrogen-bond acceptors (Lipinski definition) is 7. The second kappa shape index (κ2) is 13.4. The fourth-order valence-corrected chi connectivity index (χ4v) is 6.41. The summed E-state index contributed by atoms with van der Waals surface area (Å²) in [6.07, 6.45) is -2.01. The molecule has 0 aliphatic rings. The van der Waals surface area contributed by atoms with Crippen LogP contribution in [-0.2, 0) is 17.1 Å². The maximum absolute atomic E-state index is 13.6. The van der Waals surface area contributed by atoms with E-state index in [1.165, 1.54) is 54.5 Å². The quantitative estimate of drug-likeness (QED) is 0.132. The zero-order valence-corrected chi connectivity index (χ0v) is 26.1. The minimum absolute atomic E-state index is 0.0766. The van der Waals surface area contributed by atoms with E-state index in [0.717, 1.165) is 33.7 Å². The van der Waals surface area contributed by atoms with E-state index >= 15 is 0 Å². The first-order valence-corrected chi connectivity index (χ1v) is 15.2. The van der Waals surface area contributed by atoms with Gasteiger partial charge < -0.3 is 4.74 Å². The maximum Gasteiger partial charge on any atom is 0.426 e. The van der Waals surface area contributed by atoms with E-state index < -0.39 is 45.6 Å². The molecule has 0 aliphatic carbocycles. The molecule has 6 rings (SSSR count). The predicted octanol–water partition coefficient (Wildman–Crippen LogP) is 9.35. The molecule has 0 atom stereocenters. The summed E-state index contributed by atoms with van der Waals surface area (Å²) in [6.45, 7) is 1.36. The van der Waals surface area contributed by atoms with Gasteiger partial charge in [-0.1, -0.05) is 6.08 Å². The molecule has 6 aromatic heterocycles. The molecule has 0 aliphatic heterocycles. The number of halogens is 8. The van der Waals surface area contributed by atoms with E-state index in [0.29, 0.717) is 22.7 Å². The average molecular weight is 713 g/mol. The Morgan fingerprint density at radius 1 is 0.792 bits per heavy atom. The molecule has 17 heteroatoms. The molecule has 0 bridgehead atoms. The smallest absolute Gasteiger partial charge is 0.375 e. The first kappa shape index (κ1) is 34.6. The Morgan fingerprint density at radius 2 is 1.25 bits per heavy atom. The molecule has 6 heterocycles. The van der Waals surface area contributed by atoms with Crippen LogP contribution in [0.2, 0.25) is 0 Å². The zero-order chi connectivity index (χ0) is 35.0. The number of aromatic nitrogens is 4. The number of methoxy groups -OCH3 is 1. The number of thiophene rings is 2. The van der Waals surface area contributed by atoms with Gasteiger partial charge in [0.25, 0.3) is 11.8 Å². The lowest BCUT2D eigenvalue weighted by Gasteiger charge is -2.06. The zero-order valence-electron chi connectivity index (χ0n) is 24.5. The lowest BCUT2D eigenvalue weighted by molar-refractivity contribution is -0.134. The number of fused-ring (bicyclic) bond motifs is 2. The van der Waals surface area contributed by atoms with Crippen molar-refractivity contribution in [3.8, 4) is 22.3 Å². The molecule has 0 saturated heterocycles. The molecular weight excluding hydrogens is 692 g/mol. The monoisotopic (exact) mass is 712 g/mol. The summed E-state index contributed by atoms with van der Waals surface area (Å²) in [5, 5.41) is 2.88. The van der Waals surface area contributed by atoms with Crippen LogP contribution in [0.5, 0.6) is 0 Å². The molecule has 0 radical (unpaired) electrons. The highest BCUT2D eigenvalue weighted by atomic mass is 32.1. The molecule has 48 heavy (non-hydrogen) atoms. The molecule has 250 valence electrons. The van der Waals surface area contributed by atoms with Crippen LogP contribution < -0.4 is 0 Å². The lowest BCUT2D eigenvalue weighted by Crippen LogP contribution is -2.15. The van der Waals surface area contributed by atoms with Crippen molar-refractivity contribution < 1.29 is 49.4 Å². The Morgan fingerprint density at radius 3 is 1.69 bits per heavy atom. The Balaban J connectivity index is 0.000000188. The lowest BCUT2D eigenvalue weighted by atomic mass is 10.1. The molecular formula is C31H20F8N4O3S2. The van der Waals surface area contributed by atoms with E-state index in [9.17, 15) is 44.7 Å². The Hall–Kier alpha value is -4.74. The highest BCUT2D eigenvalue weighted by molar-refractivity contribution is 7.10. The van der Waals surface area contributed by atoms with Crippen LogP contribution in [0.1, 0.15) is 26.3 Å². The van der Waals surface area contributed by atoms with E-state index in [1.54, 1.807) is 6.92 Å². The largest absolute Gasteiger partial charge is 0.426 e. The SMILES string of the molecule is C/C=C/C(=O)n1cc(-c2ccsc2C(F)(F)F)c2cc(F)cnc21.COCC(=O)n1cc(-c2ccsc2C(F)(F)F)c2cc(F)cnc21. The molecule has 6 aromatic rings. The van der Waals surface area contributed by atoms with Crippen LogP contribution in [0.15, 0.2) is 72.0 Å². The standard InChI is InChI=1S/C16H10F4N2OS.C15H10F4N2O2S/c1-2-3-13(23)22-8-12(11-6-9(17)7-21-15(11)22)10-4-5-24-14(10)16(18,19)20;1-23-7-12(22)21-6-11(10-4-8(16)5-20-14(10)21)9-2-3-24-13(9)15(17,18)19/h2-8H,1H3;2-6H,7H2,1H3/b3-2+;. The van der Waals surface area contributed by atoms with E-state index in [-0.39, 0.29) is 50.9 Å². The molecule has 0 unspecified atom stereocenters. The van der Waals surface area contributed by atoms with Crippen LogP contribution in [0.4, 0.5) is 35.1 Å². The van der Waals surface area contributed by atoms with Gasteiger partial charge in [0.15, 0.2) is 0 Å². The number of carbonyl (C=O) groups excluding carboxylic acids is 2. The first-order chi connectivity index (χ1) is 22.6. The van der Waals surface area contributed by atoms with Crippen molar-refractivity contribution in [3.05, 3.63) is 93.4 Å². The summed E-state index contributed by atoms with van der Waals surface area (Å²) in [7, 11) is 1.32. The number of hydrogen-bond donors (Lipinski definition) is 0. The van der Waals surface area contributed by atoms with Gasteiger partial charge in [0.2, 0.25) is 0 Å². The third kappa shape index (κ3) is 6.79. The average Bonchev–Trinajstić information content (AvgIpc) is 3.81. The van der Waals surface area contributed by atoms with Crippen molar-refractivity contribution in [2.75, 3.05) is 13.7 Å². The summed E-state index contributed by atoms with van der Waals surface area (Å²) in [5.74, 6) is -2.39. The van der Waals surface area contributed by atoms with Crippen LogP contribution in [-0.4, -0.2) is 44.6 Å². The highest BCUT2D eigenvalue weighted by Crippen LogP contribution is 2.44. The highest BCUT2D eigenvalue weighted by Gasteiger charge is 2.37. The third-order valence-corrected chi connectivity index (χ3v) is 8.65. The molecule has 0 saturated carbocycles. The summed E-state index contributed by atoms with van der Waals surface area (Å²) < 4.78 is 113. The van der Waals surface area contributed by atoms with Crippen molar-refractivity contribution in [1.82, 2.24) is 19.1 Å². The number of allylic oxidation sites excluding steroid dienone is 2. The second-order valence-electron chi connectivity index (χ2n) is 9.86. The topological polar surface area (TPSA) is 79.0 Å². The number of nitrogens with zero attached hydrogens (tertiary/aromatic N) is 4. The third-order valence-electron chi connectivity index (χ3n) is 6.73. The first-order valence-electron chi connectivity index (χ1n) is 13.5. The summed E-state index contributed by atoms with van der Waals surface area (Å²) >= 11 is 1.08. The number of pyridine rings is 2. The van der Waals surface area contributed by atoms with Crippen molar-refractivity contribution in [2.45, 2.75) is 19.3 Å². The van der Waals surface area contributed by atoms with Crippen LogP contribution in [0, 0.1) is 11.6 Å². The van der Waals surface area contributed by atoms with Crippen molar-refractivity contribution in [3.63, 3.8) is 0 Å². The molecule has 0 N–H and O–H groups in total. The fraction of sp³-hybridized carbons (Fsp3) is 0.161. The summed E-state index contributed by atoms with van der Waals surface area (Å²) in [4.78, 5) is 30.3. The van der Waals surface area contributed by atoms with Gasteiger partial charge in [0.1, 0.15) is 39.3 Å². The van der Waals surface area contributed by atoms with Gasteiger partial charge >= 0.3 is 12.4 Å². The van der Waals surface area contributed by atoms with E-state index in [2.05, 4.69) is 9.97 Å². The minimum Gasteiger partial charge on any atom is -0.375 e. The fourth-order valence-electron chi connectivity index (χ4n) is 4.85. The molecule has 7 nitrogen and oxygen atoms in total. The number of alkyl halides is 6. The number of rotatable bonds is 5. The Kier molecular flexibility index (Phi) is 9.66. The van der Waals surface area contributed by atoms with Crippen LogP contribution in [0.3, 0.4) is 0 Å². The Labute approximate surface area is 273 Å². The normalized spacial score (nSPS) is 12.2. The van der Waals surface area contributed by atoms with Gasteiger partial charge in [-0.15, -0.1) is 22.7 Å². The minimum atomic E-state index is -4.55. The number of ether oxygens (including phenoxy) is 1. The van der Waals surface area contributed by atoms with E-state index in [4.69, 9.17) is 4.74 Å². The van der Waals surface area contributed by atoms with Crippen molar-refractivity contribution in [1.29, 1.82) is 0 Å². The summed E-state index contributed by atoms with van der Waals surface area (Å²) in [6, 6.07) is 4.73.